The van der Waals surface area contributed by atoms with E-state index in [-0.39, 0.29) is 12.1 Å². The minimum absolute atomic E-state index is 0.100. The highest BCUT2D eigenvalue weighted by Gasteiger charge is 2.46. The molecule has 172 valence electrons. The van der Waals surface area contributed by atoms with Gasteiger partial charge < -0.3 is 14.4 Å². The van der Waals surface area contributed by atoms with Crippen LogP contribution < -0.4 is 19.4 Å². The van der Waals surface area contributed by atoms with Crippen molar-refractivity contribution < 1.29 is 22.6 Å². The third-order valence-electron chi connectivity index (χ3n) is 6.31. The monoisotopic (exact) mass is 447 g/mol. The van der Waals surface area contributed by atoms with Gasteiger partial charge in [-0.3, -0.25) is 5.01 Å². The van der Waals surface area contributed by atoms with Gasteiger partial charge >= 0.3 is 6.18 Å². The molecule has 1 fully saturated rings. The largest absolute Gasteiger partial charge is 0.497 e. The number of anilines is 2. The minimum Gasteiger partial charge on any atom is -0.497 e. The summed E-state index contributed by atoms with van der Waals surface area (Å²) in [7, 11) is 1.66. The van der Waals surface area contributed by atoms with E-state index in [1.807, 2.05) is 30.3 Å². The van der Waals surface area contributed by atoms with Crippen LogP contribution in [0.25, 0.3) is 0 Å². The van der Waals surface area contributed by atoms with Gasteiger partial charge in [-0.05, 0) is 43.3 Å². The number of hydrogen-bond donors (Lipinski definition) is 0. The molecule has 0 N–H and O–H groups in total. The highest BCUT2D eigenvalue weighted by molar-refractivity contribution is 5.95. The predicted octanol–water partition coefficient (Wildman–Crippen LogP) is 5.51. The molecule has 2 heterocycles. The molecule has 2 aliphatic rings. The van der Waals surface area contributed by atoms with Gasteiger partial charge in [-0.25, -0.2) is 0 Å². The van der Waals surface area contributed by atoms with Crippen molar-refractivity contribution in [1.82, 2.24) is 0 Å². The summed E-state index contributed by atoms with van der Waals surface area (Å²) in [5, 5.41) is 5.30. The molecule has 2 aromatic rings. The Balaban J connectivity index is 1.35. The van der Waals surface area contributed by atoms with Gasteiger partial charge in [-0.15, -0.1) is 0 Å². The fourth-order valence-electron chi connectivity index (χ4n) is 4.26. The Morgan fingerprint density at radius 2 is 1.62 bits per heavy atom. The lowest BCUT2D eigenvalue weighted by Crippen LogP contribution is -2.38. The summed E-state index contributed by atoms with van der Waals surface area (Å²) in [6, 6.07) is 14.8. The molecule has 0 aromatic heterocycles. The SMILES string of the molecule is COc1cccc(N2CCC(Oc3ccc(N4N=C(C(F)(F)F)[C@@H](C)[C@@H]4C)cc3)CC2)c1. The second-order valence-corrected chi connectivity index (χ2v) is 8.36. The Hall–Kier alpha value is -2.90. The normalized spacial score (nSPS) is 22.1. The first-order valence-corrected chi connectivity index (χ1v) is 10.9. The van der Waals surface area contributed by atoms with Gasteiger partial charge in [0.1, 0.15) is 23.3 Å². The summed E-state index contributed by atoms with van der Waals surface area (Å²) < 4.78 is 51.0. The number of alkyl halides is 3. The van der Waals surface area contributed by atoms with Crippen LogP contribution in [0.5, 0.6) is 11.5 Å². The summed E-state index contributed by atoms with van der Waals surface area (Å²) in [5.74, 6) is 0.878. The number of halogens is 3. The third-order valence-corrected chi connectivity index (χ3v) is 6.31. The zero-order valence-corrected chi connectivity index (χ0v) is 18.5. The third kappa shape index (κ3) is 4.64. The second kappa shape index (κ2) is 8.92. The maximum absolute atomic E-state index is 13.2. The first kappa shape index (κ1) is 22.3. The fraction of sp³-hybridized carbons (Fsp3) is 0.458. The van der Waals surface area contributed by atoms with E-state index in [2.05, 4.69) is 16.1 Å². The number of piperidine rings is 1. The van der Waals surface area contributed by atoms with Crippen LogP contribution >= 0.6 is 0 Å². The average Bonchev–Trinajstić information content (AvgIpc) is 3.10. The highest BCUT2D eigenvalue weighted by atomic mass is 19.4. The number of benzene rings is 2. The number of ether oxygens (including phenoxy) is 2. The number of methoxy groups -OCH3 is 1. The Kier molecular flexibility index (Phi) is 6.22. The van der Waals surface area contributed by atoms with Gasteiger partial charge in [0.15, 0.2) is 0 Å². The molecule has 8 heteroatoms. The average molecular weight is 448 g/mol. The van der Waals surface area contributed by atoms with Crippen molar-refractivity contribution in [1.29, 1.82) is 0 Å². The number of hydrazone groups is 1. The van der Waals surface area contributed by atoms with Crippen LogP contribution in [-0.2, 0) is 0 Å². The van der Waals surface area contributed by atoms with Gasteiger partial charge in [0.2, 0.25) is 0 Å². The molecule has 5 nitrogen and oxygen atoms in total. The molecule has 0 bridgehead atoms. The van der Waals surface area contributed by atoms with Crippen LogP contribution in [0.4, 0.5) is 24.5 Å². The summed E-state index contributed by atoms with van der Waals surface area (Å²) in [6.45, 7) is 5.09. The standard InChI is InChI=1S/C24H28F3N3O2/c1-16-17(2)30(28-23(16)24(25,26)27)18-7-9-20(10-8-18)32-21-11-13-29(14-12-21)19-5-4-6-22(15-19)31-3/h4-10,15-17,21H,11-14H2,1-3H3/t16-,17-/m0/s1. The van der Waals surface area contributed by atoms with E-state index in [0.717, 1.165) is 37.4 Å². The topological polar surface area (TPSA) is 37.3 Å². The zero-order chi connectivity index (χ0) is 22.9. The second-order valence-electron chi connectivity index (χ2n) is 8.36. The smallest absolute Gasteiger partial charge is 0.431 e. The molecular formula is C24H28F3N3O2. The van der Waals surface area contributed by atoms with Crippen LogP contribution in [0.1, 0.15) is 26.7 Å². The van der Waals surface area contributed by atoms with E-state index < -0.39 is 17.8 Å². The minimum atomic E-state index is -4.41. The van der Waals surface area contributed by atoms with Crippen molar-refractivity contribution in [2.75, 3.05) is 30.1 Å². The molecule has 0 spiro atoms. The lowest BCUT2D eigenvalue weighted by atomic mass is 9.98. The van der Waals surface area contributed by atoms with E-state index in [4.69, 9.17) is 9.47 Å². The van der Waals surface area contributed by atoms with Crippen molar-refractivity contribution in [2.45, 2.75) is 45.0 Å². The molecule has 2 aromatic carbocycles. The number of hydrogen-bond acceptors (Lipinski definition) is 5. The van der Waals surface area contributed by atoms with Crippen LogP contribution in [0.15, 0.2) is 53.6 Å². The van der Waals surface area contributed by atoms with Gasteiger partial charge in [-0.1, -0.05) is 13.0 Å². The van der Waals surface area contributed by atoms with Gasteiger partial charge in [-0.2, -0.15) is 18.3 Å². The van der Waals surface area contributed by atoms with Crippen LogP contribution in [0.2, 0.25) is 0 Å². The molecule has 0 aliphatic carbocycles. The van der Waals surface area contributed by atoms with Gasteiger partial charge in [0, 0.05) is 43.6 Å². The quantitative estimate of drug-likeness (QED) is 0.606. The van der Waals surface area contributed by atoms with E-state index in [1.54, 1.807) is 33.1 Å². The van der Waals surface area contributed by atoms with E-state index in [0.29, 0.717) is 11.4 Å². The van der Waals surface area contributed by atoms with Crippen LogP contribution in [0, 0.1) is 5.92 Å². The molecule has 0 saturated carbocycles. The first-order valence-electron chi connectivity index (χ1n) is 10.9. The molecule has 0 radical (unpaired) electrons. The molecule has 1 saturated heterocycles. The molecule has 4 rings (SSSR count). The summed E-state index contributed by atoms with van der Waals surface area (Å²) >= 11 is 0. The van der Waals surface area contributed by atoms with E-state index >= 15 is 0 Å². The van der Waals surface area contributed by atoms with Gasteiger partial charge in [0.25, 0.3) is 0 Å². The Morgan fingerprint density at radius 3 is 2.22 bits per heavy atom. The van der Waals surface area contributed by atoms with Crippen LogP contribution in [0.3, 0.4) is 0 Å². The zero-order valence-electron chi connectivity index (χ0n) is 18.5. The van der Waals surface area contributed by atoms with E-state index in [1.165, 1.54) is 5.01 Å². The summed E-state index contributed by atoms with van der Waals surface area (Å²) in [5.41, 5.74) is 1.04. The van der Waals surface area contributed by atoms with Crippen molar-refractivity contribution in [3.05, 3.63) is 48.5 Å². The fourth-order valence-corrected chi connectivity index (χ4v) is 4.26. The highest BCUT2D eigenvalue weighted by Crippen LogP contribution is 2.35. The Bertz CT molecular complexity index is 954. The number of rotatable bonds is 5. The Morgan fingerprint density at radius 1 is 0.938 bits per heavy atom. The number of nitrogens with zero attached hydrogens (tertiary/aromatic N) is 3. The lowest BCUT2D eigenvalue weighted by molar-refractivity contribution is -0.0619. The molecular weight excluding hydrogens is 419 g/mol. The molecule has 0 amide bonds. The first-order chi connectivity index (χ1) is 15.3. The molecule has 0 unspecified atom stereocenters. The van der Waals surface area contributed by atoms with Crippen molar-refractivity contribution in [3.63, 3.8) is 0 Å². The Labute approximate surface area is 186 Å². The van der Waals surface area contributed by atoms with E-state index in [9.17, 15) is 13.2 Å². The lowest BCUT2D eigenvalue weighted by Gasteiger charge is -2.34. The molecule has 2 atom stereocenters. The predicted molar refractivity (Wildman–Crippen MR) is 120 cm³/mol. The summed E-state index contributed by atoms with van der Waals surface area (Å²) in [6.07, 6.45) is -2.54. The van der Waals surface area contributed by atoms with Crippen molar-refractivity contribution in [2.24, 2.45) is 11.0 Å². The van der Waals surface area contributed by atoms with Crippen molar-refractivity contribution in [3.8, 4) is 11.5 Å². The van der Waals surface area contributed by atoms with Crippen molar-refractivity contribution >= 4 is 17.1 Å². The summed E-state index contributed by atoms with van der Waals surface area (Å²) in [4.78, 5) is 2.32. The maximum atomic E-state index is 13.2. The molecule has 32 heavy (non-hydrogen) atoms. The van der Waals surface area contributed by atoms with Gasteiger partial charge in [0.05, 0.1) is 18.8 Å². The van der Waals surface area contributed by atoms with Crippen LogP contribution in [-0.4, -0.2) is 44.2 Å². The molecule has 2 aliphatic heterocycles. The maximum Gasteiger partial charge on any atom is 0.431 e.